The second-order valence-corrected chi connectivity index (χ2v) is 8.02. The molecule has 2 aromatic heterocycles. The third kappa shape index (κ3) is 3.36. The monoisotopic (exact) mass is 365 g/mol. The molecule has 8 heteroatoms. The van der Waals surface area contributed by atoms with Crippen LogP contribution in [0.15, 0.2) is 21.4 Å². The zero-order valence-corrected chi connectivity index (χ0v) is 14.8. The number of nitrogens with one attached hydrogen (secondary N) is 1. The maximum absolute atomic E-state index is 12.6. The number of hydrogen-bond acceptors (Lipinski definition) is 6. The molecule has 0 spiro atoms. The lowest BCUT2D eigenvalue weighted by Gasteiger charge is -2.12. The van der Waals surface area contributed by atoms with Gasteiger partial charge in [0.25, 0.3) is 5.56 Å². The summed E-state index contributed by atoms with van der Waals surface area (Å²) in [4.78, 5) is 29.3. The van der Waals surface area contributed by atoms with Crippen molar-refractivity contribution in [1.29, 1.82) is 0 Å². The number of ether oxygens (including phenoxy) is 1. The van der Waals surface area contributed by atoms with E-state index in [0.717, 1.165) is 37.8 Å². The normalized spacial score (nSPS) is 20.6. The van der Waals surface area contributed by atoms with E-state index in [0.29, 0.717) is 16.4 Å². The molecule has 1 aliphatic heterocycles. The van der Waals surface area contributed by atoms with Gasteiger partial charge >= 0.3 is 0 Å². The van der Waals surface area contributed by atoms with E-state index in [4.69, 9.17) is 4.74 Å². The minimum atomic E-state index is -0.0440. The van der Waals surface area contributed by atoms with Gasteiger partial charge in [0.1, 0.15) is 4.70 Å². The molecule has 0 aromatic carbocycles. The Labute approximate surface area is 147 Å². The number of thioether (sulfide) groups is 1. The molecular formula is C16H19N3O3S2. The van der Waals surface area contributed by atoms with E-state index < -0.39 is 0 Å². The van der Waals surface area contributed by atoms with E-state index in [2.05, 4.69) is 10.3 Å². The Morgan fingerprint density at radius 3 is 3.08 bits per heavy atom. The van der Waals surface area contributed by atoms with Crippen molar-refractivity contribution in [2.24, 2.45) is 0 Å². The molecule has 0 radical (unpaired) electrons. The molecule has 2 aromatic rings. The van der Waals surface area contributed by atoms with Gasteiger partial charge in [-0.15, -0.1) is 11.3 Å². The number of carbonyl (C=O) groups excluding carboxylic acids is 1. The Morgan fingerprint density at radius 1 is 1.46 bits per heavy atom. The number of carbonyl (C=O) groups is 1. The summed E-state index contributed by atoms with van der Waals surface area (Å²) in [7, 11) is 0. The van der Waals surface area contributed by atoms with E-state index in [-0.39, 0.29) is 29.4 Å². The van der Waals surface area contributed by atoms with E-state index >= 15 is 0 Å². The molecule has 1 aliphatic carbocycles. The average Bonchev–Trinajstić information content (AvgIpc) is 3.09. The number of amides is 1. The fourth-order valence-electron chi connectivity index (χ4n) is 2.87. The van der Waals surface area contributed by atoms with Gasteiger partial charge in [0.15, 0.2) is 5.16 Å². The molecule has 3 heterocycles. The quantitative estimate of drug-likeness (QED) is 0.627. The molecule has 1 amide bonds. The van der Waals surface area contributed by atoms with Crippen LogP contribution in [0.4, 0.5) is 0 Å². The van der Waals surface area contributed by atoms with Crippen LogP contribution >= 0.6 is 23.1 Å². The molecule has 2 fully saturated rings. The fourth-order valence-corrected chi connectivity index (χ4v) is 4.54. The van der Waals surface area contributed by atoms with Crippen LogP contribution in [0.2, 0.25) is 0 Å². The first-order valence-corrected chi connectivity index (χ1v) is 10.1. The Bertz CT molecular complexity index is 806. The minimum Gasteiger partial charge on any atom is -0.376 e. The van der Waals surface area contributed by atoms with Crippen molar-refractivity contribution in [3.05, 3.63) is 21.8 Å². The highest BCUT2D eigenvalue weighted by Crippen LogP contribution is 2.37. The summed E-state index contributed by atoms with van der Waals surface area (Å²) >= 11 is 2.77. The highest BCUT2D eigenvalue weighted by molar-refractivity contribution is 7.99. The third-order valence-corrected chi connectivity index (χ3v) is 6.12. The largest absolute Gasteiger partial charge is 0.376 e. The van der Waals surface area contributed by atoms with Crippen molar-refractivity contribution in [3.63, 3.8) is 0 Å². The summed E-state index contributed by atoms with van der Waals surface area (Å²) in [6, 6.07) is 2.11. The van der Waals surface area contributed by atoms with Crippen molar-refractivity contribution in [1.82, 2.24) is 14.9 Å². The first-order chi connectivity index (χ1) is 11.7. The Balaban J connectivity index is 1.44. The van der Waals surface area contributed by atoms with Crippen LogP contribution in [0.25, 0.3) is 10.2 Å². The topological polar surface area (TPSA) is 73.2 Å². The van der Waals surface area contributed by atoms with Gasteiger partial charge in [-0.05, 0) is 37.1 Å². The van der Waals surface area contributed by atoms with E-state index in [1.807, 2.05) is 11.4 Å². The Morgan fingerprint density at radius 2 is 2.33 bits per heavy atom. The lowest BCUT2D eigenvalue weighted by molar-refractivity contribution is -0.119. The maximum atomic E-state index is 12.6. The van der Waals surface area contributed by atoms with Crippen molar-refractivity contribution in [2.45, 2.75) is 43.0 Å². The molecule has 1 unspecified atom stereocenters. The molecule has 1 N–H and O–H groups in total. The highest BCUT2D eigenvalue weighted by atomic mass is 32.2. The first-order valence-electron chi connectivity index (χ1n) is 8.23. The van der Waals surface area contributed by atoms with Crippen LogP contribution in [0, 0.1) is 0 Å². The third-order valence-electron chi connectivity index (χ3n) is 4.27. The number of nitrogens with zero attached hydrogens (tertiary/aromatic N) is 2. The van der Waals surface area contributed by atoms with E-state index in [9.17, 15) is 9.59 Å². The second kappa shape index (κ2) is 6.85. The van der Waals surface area contributed by atoms with E-state index in [1.54, 1.807) is 4.57 Å². The standard InChI is InChI=1S/C16H19N3O3S2/c20-13(17-8-11-2-1-6-22-11)9-24-16-18-12-5-7-23-14(12)15(21)19(16)10-3-4-10/h5,7,10-11H,1-4,6,8-9H2,(H,17,20). The summed E-state index contributed by atoms with van der Waals surface area (Å²) in [6.45, 7) is 1.35. The van der Waals surface area contributed by atoms with Crippen molar-refractivity contribution >= 4 is 39.2 Å². The summed E-state index contributed by atoms with van der Waals surface area (Å²) < 4.78 is 7.98. The summed E-state index contributed by atoms with van der Waals surface area (Å²) in [6.07, 6.45) is 4.23. The summed E-state index contributed by atoms with van der Waals surface area (Å²) in [5.74, 6) is 0.221. The number of fused-ring (bicyclic) bond motifs is 1. The Kier molecular flexibility index (Phi) is 4.60. The lowest BCUT2D eigenvalue weighted by atomic mass is 10.2. The minimum absolute atomic E-state index is 0.0276. The first kappa shape index (κ1) is 16.1. The predicted molar refractivity (Wildman–Crippen MR) is 94.9 cm³/mol. The van der Waals surface area contributed by atoms with Gasteiger partial charge < -0.3 is 10.1 Å². The van der Waals surface area contributed by atoms with Gasteiger partial charge in [-0.2, -0.15) is 0 Å². The average molecular weight is 365 g/mol. The molecular weight excluding hydrogens is 346 g/mol. The number of thiophene rings is 1. The molecule has 6 nitrogen and oxygen atoms in total. The molecule has 4 rings (SSSR count). The Hall–Kier alpha value is -1.38. The maximum Gasteiger partial charge on any atom is 0.272 e. The molecule has 1 saturated heterocycles. The molecule has 1 atom stereocenters. The van der Waals surface area contributed by atoms with Gasteiger partial charge in [0.2, 0.25) is 5.91 Å². The van der Waals surface area contributed by atoms with Gasteiger partial charge in [-0.3, -0.25) is 14.2 Å². The zero-order valence-electron chi connectivity index (χ0n) is 13.2. The van der Waals surface area contributed by atoms with Crippen LogP contribution in [0.1, 0.15) is 31.7 Å². The van der Waals surface area contributed by atoms with Crippen LogP contribution in [0.3, 0.4) is 0 Å². The second-order valence-electron chi connectivity index (χ2n) is 6.16. The molecule has 24 heavy (non-hydrogen) atoms. The van der Waals surface area contributed by atoms with Gasteiger partial charge in [-0.25, -0.2) is 4.98 Å². The van der Waals surface area contributed by atoms with Gasteiger partial charge in [0.05, 0.1) is 17.4 Å². The van der Waals surface area contributed by atoms with Crippen molar-refractivity contribution < 1.29 is 9.53 Å². The van der Waals surface area contributed by atoms with Crippen molar-refractivity contribution in [3.8, 4) is 0 Å². The molecule has 0 bridgehead atoms. The smallest absolute Gasteiger partial charge is 0.272 e. The molecule has 1 saturated carbocycles. The van der Waals surface area contributed by atoms with Crippen molar-refractivity contribution in [2.75, 3.05) is 18.9 Å². The highest BCUT2D eigenvalue weighted by Gasteiger charge is 2.29. The van der Waals surface area contributed by atoms with Crippen LogP contribution in [-0.2, 0) is 9.53 Å². The molecule has 2 aliphatic rings. The number of aromatic nitrogens is 2. The number of hydrogen-bond donors (Lipinski definition) is 1. The predicted octanol–water partition coefficient (Wildman–Crippen LogP) is 2.18. The SMILES string of the molecule is O=C(CSc1nc2ccsc2c(=O)n1C1CC1)NCC1CCCO1. The van der Waals surface area contributed by atoms with Crippen LogP contribution in [-0.4, -0.2) is 40.5 Å². The van der Waals surface area contributed by atoms with Crippen LogP contribution < -0.4 is 10.9 Å². The zero-order chi connectivity index (χ0) is 16.5. The van der Waals surface area contributed by atoms with Gasteiger partial charge in [-0.1, -0.05) is 11.8 Å². The lowest BCUT2D eigenvalue weighted by Crippen LogP contribution is -2.33. The summed E-state index contributed by atoms with van der Waals surface area (Å²) in [5, 5.41) is 5.45. The summed E-state index contributed by atoms with van der Waals surface area (Å²) in [5.41, 5.74) is 0.754. The van der Waals surface area contributed by atoms with Crippen LogP contribution in [0.5, 0.6) is 0 Å². The number of rotatable bonds is 6. The fraction of sp³-hybridized carbons (Fsp3) is 0.562. The van der Waals surface area contributed by atoms with Gasteiger partial charge in [0, 0.05) is 19.2 Å². The molecule has 128 valence electrons. The van der Waals surface area contributed by atoms with E-state index in [1.165, 1.54) is 23.1 Å².